The van der Waals surface area contributed by atoms with Crippen molar-refractivity contribution in [1.82, 2.24) is 0 Å². The highest BCUT2D eigenvalue weighted by atomic mass is 32.2. The van der Waals surface area contributed by atoms with Crippen LogP contribution in [0.3, 0.4) is 0 Å². The van der Waals surface area contributed by atoms with Gasteiger partial charge in [-0.3, -0.25) is 4.99 Å². The third kappa shape index (κ3) is 4.31. The van der Waals surface area contributed by atoms with Crippen LogP contribution in [0.25, 0.3) is 0 Å². The smallest absolute Gasteiger partial charge is 0.154 e. The summed E-state index contributed by atoms with van der Waals surface area (Å²) in [5, 5.41) is 0.537. The van der Waals surface area contributed by atoms with Crippen molar-refractivity contribution in [1.29, 1.82) is 0 Å². The molecule has 1 heterocycles. The fourth-order valence-corrected chi connectivity index (χ4v) is 2.47. The predicted octanol–water partition coefficient (Wildman–Crippen LogP) is 2.55. The number of hydrogen-bond donors (Lipinski definition) is 1. The molecule has 1 aromatic rings. The average Bonchev–Trinajstić information content (AvgIpc) is 2.87. The minimum Gasteiger partial charge on any atom is -0.379 e. The van der Waals surface area contributed by atoms with E-state index < -0.39 is 0 Å². The molecule has 2 N–H and O–H groups in total. The van der Waals surface area contributed by atoms with E-state index in [-0.39, 0.29) is 11.9 Å². The first-order chi connectivity index (χ1) is 8.74. The topological polar surface area (TPSA) is 47.6 Å². The lowest BCUT2D eigenvalue weighted by Crippen LogP contribution is -2.14. The number of benzene rings is 1. The number of hydrogen-bond acceptors (Lipinski definition) is 3. The molecular weight excluding hydrogens is 251 g/mol. The monoisotopic (exact) mass is 268 g/mol. The molecule has 1 atom stereocenters. The SMILES string of the molecule is NC(=NC[C@@H]1CCCO1)SCc1cccc(F)c1. The molecule has 0 radical (unpaired) electrons. The Balaban J connectivity index is 1.76. The number of rotatable bonds is 4. The van der Waals surface area contributed by atoms with E-state index in [1.54, 1.807) is 6.07 Å². The van der Waals surface area contributed by atoms with Crippen LogP contribution in [0.5, 0.6) is 0 Å². The van der Waals surface area contributed by atoms with Gasteiger partial charge in [0, 0.05) is 12.4 Å². The molecule has 0 saturated carbocycles. The molecule has 0 bridgehead atoms. The lowest BCUT2D eigenvalue weighted by molar-refractivity contribution is 0.118. The van der Waals surface area contributed by atoms with Gasteiger partial charge in [0.15, 0.2) is 5.17 Å². The van der Waals surface area contributed by atoms with Gasteiger partial charge in [0.2, 0.25) is 0 Å². The maximum absolute atomic E-state index is 13.0. The minimum absolute atomic E-state index is 0.219. The van der Waals surface area contributed by atoms with Gasteiger partial charge in [0.1, 0.15) is 5.82 Å². The van der Waals surface area contributed by atoms with Crippen LogP contribution in [0.1, 0.15) is 18.4 Å². The Hall–Kier alpha value is -1.07. The Morgan fingerprint density at radius 1 is 1.56 bits per heavy atom. The van der Waals surface area contributed by atoms with Crippen molar-refractivity contribution < 1.29 is 9.13 Å². The number of halogens is 1. The van der Waals surface area contributed by atoms with E-state index in [0.29, 0.717) is 17.5 Å². The first-order valence-electron chi connectivity index (χ1n) is 6.03. The minimum atomic E-state index is -0.219. The summed E-state index contributed by atoms with van der Waals surface area (Å²) < 4.78 is 18.4. The van der Waals surface area contributed by atoms with Crippen molar-refractivity contribution in [3.05, 3.63) is 35.6 Å². The molecule has 0 unspecified atom stereocenters. The molecule has 5 heteroatoms. The van der Waals surface area contributed by atoms with Crippen LogP contribution in [0.2, 0.25) is 0 Å². The van der Waals surface area contributed by atoms with Crippen LogP contribution >= 0.6 is 11.8 Å². The zero-order valence-electron chi connectivity index (χ0n) is 10.1. The number of amidine groups is 1. The van der Waals surface area contributed by atoms with Crippen LogP contribution in [-0.2, 0) is 10.5 Å². The van der Waals surface area contributed by atoms with Gasteiger partial charge in [0.05, 0.1) is 12.6 Å². The summed E-state index contributed by atoms with van der Waals surface area (Å²) in [6, 6.07) is 6.53. The molecule has 2 rings (SSSR count). The lowest BCUT2D eigenvalue weighted by atomic mass is 10.2. The Morgan fingerprint density at radius 2 is 2.44 bits per heavy atom. The Labute approximate surface area is 111 Å². The molecule has 98 valence electrons. The number of ether oxygens (including phenoxy) is 1. The quantitative estimate of drug-likeness (QED) is 0.674. The number of aliphatic imine (C=N–C) groups is 1. The maximum atomic E-state index is 13.0. The molecule has 1 saturated heterocycles. The van der Waals surface area contributed by atoms with Gasteiger partial charge < -0.3 is 10.5 Å². The number of nitrogens with two attached hydrogens (primary N) is 1. The fourth-order valence-electron chi connectivity index (χ4n) is 1.81. The van der Waals surface area contributed by atoms with Crippen molar-refractivity contribution in [2.75, 3.05) is 13.2 Å². The van der Waals surface area contributed by atoms with Gasteiger partial charge in [0.25, 0.3) is 0 Å². The van der Waals surface area contributed by atoms with E-state index in [1.165, 1.54) is 23.9 Å². The van der Waals surface area contributed by atoms with Crippen LogP contribution in [0.4, 0.5) is 4.39 Å². The molecule has 0 aliphatic carbocycles. The van der Waals surface area contributed by atoms with Crippen molar-refractivity contribution in [3.8, 4) is 0 Å². The molecule has 3 nitrogen and oxygen atoms in total. The van der Waals surface area contributed by atoms with Crippen molar-refractivity contribution in [2.45, 2.75) is 24.7 Å². The van der Waals surface area contributed by atoms with E-state index >= 15 is 0 Å². The van der Waals surface area contributed by atoms with Crippen LogP contribution < -0.4 is 5.73 Å². The second-order valence-electron chi connectivity index (χ2n) is 4.23. The van der Waals surface area contributed by atoms with E-state index in [9.17, 15) is 4.39 Å². The van der Waals surface area contributed by atoms with E-state index in [1.807, 2.05) is 6.07 Å². The van der Waals surface area contributed by atoms with Crippen molar-refractivity contribution in [3.63, 3.8) is 0 Å². The van der Waals surface area contributed by atoms with Gasteiger partial charge in [-0.2, -0.15) is 0 Å². The first-order valence-corrected chi connectivity index (χ1v) is 7.01. The molecule has 18 heavy (non-hydrogen) atoms. The van der Waals surface area contributed by atoms with Crippen molar-refractivity contribution in [2.24, 2.45) is 10.7 Å². The van der Waals surface area contributed by atoms with Gasteiger partial charge in [-0.1, -0.05) is 23.9 Å². The third-order valence-electron chi connectivity index (χ3n) is 2.75. The summed E-state index contributed by atoms with van der Waals surface area (Å²) in [5.41, 5.74) is 6.71. The van der Waals surface area contributed by atoms with Gasteiger partial charge in [-0.25, -0.2) is 4.39 Å². The molecular formula is C13H17FN2OS. The zero-order valence-corrected chi connectivity index (χ0v) is 11.0. The number of thioether (sulfide) groups is 1. The van der Waals surface area contributed by atoms with Crippen LogP contribution in [0.15, 0.2) is 29.3 Å². The predicted molar refractivity (Wildman–Crippen MR) is 73.2 cm³/mol. The normalized spacial score (nSPS) is 20.3. The second-order valence-corrected chi connectivity index (χ2v) is 5.23. The highest BCUT2D eigenvalue weighted by Crippen LogP contribution is 2.15. The molecule has 0 aromatic heterocycles. The average molecular weight is 268 g/mol. The largest absolute Gasteiger partial charge is 0.379 e. The third-order valence-corrected chi connectivity index (χ3v) is 3.65. The summed E-state index contributed by atoms with van der Waals surface area (Å²) in [7, 11) is 0. The molecule has 0 amide bonds. The first kappa shape index (κ1) is 13.4. The molecule has 1 aromatic carbocycles. The summed E-state index contributed by atoms with van der Waals surface area (Å²) in [6.45, 7) is 1.46. The summed E-state index contributed by atoms with van der Waals surface area (Å²) in [5.74, 6) is 0.418. The van der Waals surface area contributed by atoms with Gasteiger partial charge in [-0.15, -0.1) is 0 Å². The van der Waals surface area contributed by atoms with Crippen molar-refractivity contribution >= 4 is 16.9 Å². The lowest BCUT2D eigenvalue weighted by Gasteiger charge is -2.06. The van der Waals surface area contributed by atoms with Crippen LogP contribution in [-0.4, -0.2) is 24.4 Å². The van der Waals surface area contributed by atoms with Crippen LogP contribution in [0, 0.1) is 5.82 Å². The zero-order chi connectivity index (χ0) is 12.8. The highest BCUT2D eigenvalue weighted by Gasteiger charge is 2.14. The van der Waals surface area contributed by atoms with E-state index in [2.05, 4.69) is 4.99 Å². The standard InChI is InChI=1S/C13H17FN2OS/c14-11-4-1-3-10(7-11)9-18-13(15)16-8-12-5-2-6-17-12/h1,3-4,7,12H,2,5-6,8-9H2,(H2,15,16)/t12-/m0/s1. The molecule has 1 aliphatic rings. The fraction of sp³-hybridized carbons (Fsp3) is 0.462. The Morgan fingerprint density at radius 3 is 3.17 bits per heavy atom. The van der Waals surface area contributed by atoms with E-state index in [0.717, 1.165) is 25.0 Å². The molecule has 1 aliphatic heterocycles. The molecule has 1 fully saturated rings. The summed E-state index contributed by atoms with van der Waals surface area (Å²) >= 11 is 1.43. The summed E-state index contributed by atoms with van der Waals surface area (Å²) in [6.07, 6.45) is 2.39. The second kappa shape index (κ2) is 6.75. The van der Waals surface area contributed by atoms with Gasteiger partial charge >= 0.3 is 0 Å². The van der Waals surface area contributed by atoms with E-state index in [4.69, 9.17) is 10.5 Å². The number of nitrogens with zero attached hydrogens (tertiary/aromatic N) is 1. The highest BCUT2D eigenvalue weighted by molar-refractivity contribution is 8.13. The molecule has 0 spiro atoms. The Bertz CT molecular complexity index is 419. The maximum Gasteiger partial charge on any atom is 0.154 e. The Kier molecular flexibility index (Phi) is 5.01. The summed E-state index contributed by atoms with van der Waals surface area (Å²) in [4.78, 5) is 4.28. The van der Waals surface area contributed by atoms with Gasteiger partial charge in [-0.05, 0) is 30.5 Å².